The second kappa shape index (κ2) is 10.1. The highest BCUT2D eigenvalue weighted by atomic mass is 16.4. The summed E-state index contributed by atoms with van der Waals surface area (Å²) in [7, 11) is 0. The van der Waals surface area contributed by atoms with E-state index in [-0.39, 0.29) is 5.69 Å². The monoisotopic (exact) mass is 406 g/mol. The molecule has 2 aromatic heterocycles. The summed E-state index contributed by atoms with van der Waals surface area (Å²) >= 11 is 0. The molecule has 2 heterocycles. The Bertz CT molecular complexity index is 979. The van der Waals surface area contributed by atoms with Gasteiger partial charge in [0, 0.05) is 30.6 Å². The van der Waals surface area contributed by atoms with Crippen LogP contribution in [0, 0.1) is 0 Å². The van der Waals surface area contributed by atoms with Gasteiger partial charge in [-0.2, -0.15) is 5.10 Å². The third-order valence-corrected chi connectivity index (χ3v) is 5.43. The number of nitrogens with zero attached hydrogens (tertiary/aromatic N) is 4. The van der Waals surface area contributed by atoms with Gasteiger partial charge in [0.05, 0.1) is 0 Å². The van der Waals surface area contributed by atoms with E-state index in [0.717, 1.165) is 42.2 Å². The van der Waals surface area contributed by atoms with Crippen LogP contribution in [0.4, 0.5) is 0 Å². The highest BCUT2D eigenvalue weighted by Crippen LogP contribution is 2.24. The molecule has 0 bridgehead atoms. The Balaban J connectivity index is 1.83. The molecule has 0 aliphatic carbocycles. The van der Waals surface area contributed by atoms with Crippen LogP contribution in [0.2, 0.25) is 0 Å². The van der Waals surface area contributed by atoms with Crippen LogP contribution < -0.4 is 0 Å². The number of unbranched alkanes of at least 4 members (excludes halogenated alkanes) is 2. The molecule has 30 heavy (non-hydrogen) atoms. The van der Waals surface area contributed by atoms with Crippen LogP contribution in [0.1, 0.15) is 80.1 Å². The maximum absolute atomic E-state index is 11.5. The van der Waals surface area contributed by atoms with E-state index in [2.05, 4.69) is 30.4 Å². The van der Waals surface area contributed by atoms with E-state index in [0.29, 0.717) is 17.9 Å². The summed E-state index contributed by atoms with van der Waals surface area (Å²) in [5.41, 5.74) is 2.66. The van der Waals surface area contributed by atoms with Crippen molar-refractivity contribution >= 4 is 5.97 Å². The van der Waals surface area contributed by atoms with Gasteiger partial charge in [0.2, 0.25) is 0 Å². The van der Waals surface area contributed by atoms with E-state index in [9.17, 15) is 9.90 Å². The summed E-state index contributed by atoms with van der Waals surface area (Å²) in [5, 5.41) is 14.2. The zero-order valence-corrected chi connectivity index (χ0v) is 18.0. The number of hydrogen-bond acceptors (Lipinski definition) is 4. The highest BCUT2D eigenvalue weighted by molar-refractivity contribution is 5.93. The Labute approximate surface area is 178 Å². The van der Waals surface area contributed by atoms with E-state index < -0.39 is 5.97 Å². The maximum Gasteiger partial charge on any atom is 0.355 e. The summed E-state index contributed by atoms with van der Waals surface area (Å²) in [6, 6.07) is 11.5. The Kier molecular flexibility index (Phi) is 7.33. The predicted octanol–water partition coefficient (Wildman–Crippen LogP) is 5.33. The highest BCUT2D eigenvalue weighted by Gasteiger charge is 2.16. The lowest BCUT2D eigenvalue weighted by molar-refractivity contribution is 0.0691. The number of carboxylic acids is 1. The summed E-state index contributed by atoms with van der Waals surface area (Å²) in [4.78, 5) is 20.3. The van der Waals surface area contributed by atoms with Crippen LogP contribution in [-0.4, -0.2) is 30.8 Å². The number of aryl methyl sites for hydroxylation is 1. The number of aromatic carboxylic acids is 1. The van der Waals surface area contributed by atoms with E-state index in [1.54, 1.807) is 12.1 Å². The standard InChI is InChI=1S/C24H30N4O2/c1-4-6-7-15-28-21(26-23(27-28)17(3)5-2)16-18-10-12-19(13-11-18)20-9-8-14-25-22(20)24(29)30/h8-14,17H,4-7,15-16H2,1-3H3,(H,29,30). The smallest absolute Gasteiger partial charge is 0.355 e. The zero-order valence-electron chi connectivity index (χ0n) is 18.0. The van der Waals surface area contributed by atoms with Crippen molar-refractivity contribution in [1.82, 2.24) is 19.7 Å². The number of carboxylic acid groups (broad SMARTS) is 1. The molecule has 6 heteroatoms. The number of carbonyl (C=O) groups is 1. The normalized spacial score (nSPS) is 12.1. The summed E-state index contributed by atoms with van der Waals surface area (Å²) in [6.45, 7) is 7.41. The Morgan fingerprint density at radius 2 is 1.90 bits per heavy atom. The fourth-order valence-electron chi connectivity index (χ4n) is 3.40. The molecule has 3 aromatic rings. The fraction of sp³-hybridized carbons (Fsp3) is 0.417. The molecule has 0 spiro atoms. The number of aromatic nitrogens is 4. The molecule has 0 saturated heterocycles. The molecule has 0 aliphatic rings. The van der Waals surface area contributed by atoms with Gasteiger partial charge in [-0.25, -0.2) is 19.4 Å². The molecule has 3 rings (SSSR count). The third-order valence-electron chi connectivity index (χ3n) is 5.43. The lowest BCUT2D eigenvalue weighted by Crippen LogP contribution is -2.07. The van der Waals surface area contributed by atoms with Crippen LogP contribution >= 0.6 is 0 Å². The summed E-state index contributed by atoms with van der Waals surface area (Å²) in [6.07, 6.45) is 6.69. The maximum atomic E-state index is 11.5. The Morgan fingerprint density at radius 1 is 1.13 bits per heavy atom. The second-order valence-corrected chi connectivity index (χ2v) is 7.70. The molecule has 0 aliphatic heterocycles. The van der Waals surface area contributed by atoms with Gasteiger partial charge < -0.3 is 5.11 Å². The Hall–Kier alpha value is -3.02. The molecule has 0 amide bonds. The first-order chi connectivity index (χ1) is 14.5. The van der Waals surface area contributed by atoms with Crippen LogP contribution in [0.3, 0.4) is 0 Å². The van der Waals surface area contributed by atoms with Gasteiger partial charge in [-0.05, 0) is 30.0 Å². The topological polar surface area (TPSA) is 80.9 Å². The van der Waals surface area contributed by atoms with Crippen LogP contribution in [-0.2, 0) is 13.0 Å². The van der Waals surface area contributed by atoms with Crippen molar-refractivity contribution in [3.63, 3.8) is 0 Å². The van der Waals surface area contributed by atoms with E-state index in [4.69, 9.17) is 10.1 Å². The minimum atomic E-state index is -1.02. The summed E-state index contributed by atoms with van der Waals surface area (Å²) < 4.78 is 2.06. The van der Waals surface area contributed by atoms with Crippen molar-refractivity contribution in [3.8, 4) is 11.1 Å². The molecular weight excluding hydrogens is 376 g/mol. The van der Waals surface area contributed by atoms with Gasteiger partial charge in [0.1, 0.15) is 5.82 Å². The lowest BCUT2D eigenvalue weighted by Gasteiger charge is -2.08. The van der Waals surface area contributed by atoms with Crippen molar-refractivity contribution in [3.05, 3.63) is 65.5 Å². The minimum Gasteiger partial charge on any atom is -0.476 e. The summed E-state index contributed by atoms with van der Waals surface area (Å²) in [5.74, 6) is 1.23. The average molecular weight is 407 g/mol. The molecule has 1 N–H and O–H groups in total. The first-order valence-electron chi connectivity index (χ1n) is 10.7. The molecule has 0 fully saturated rings. The van der Waals surface area contributed by atoms with Gasteiger partial charge in [-0.1, -0.05) is 63.9 Å². The van der Waals surface area contributed by atoms with Crippen molar-refractivity contribution < 1.29 is 9.90 Å². The predicted molar refractivity (Wildman–Crippen MR) is 118 cm³/mol. The number of pyridine rings is 1. The van der Waals surface area contributed by atoms with Crippen molar-refractivity contribution in [2.45, 2.75) is 65.3 Å². The molecule has 6 nitrogen and oxygen atoms in total. The zero-order chi connectivity index (χ0) is 21.5. The largest absolute Gasteiger partial charge is 0.476 e. The van der Waals surface area contributed by atoms with E-state index >= 15 is 0 Å². The molecule has 158 valence electrons. The molecule has 1 atom stereocenters. The van der Waals surface area contributed by atoms with Crippen LogP contribution in [0.25, 0.3) is 11.1 Å². The van der Waals surface area contributed by atoms with Gasteiger partial charge in [-0.3, -0.25) is 0 Å². The fourth-order valence-corrected chi connectivity index (χ4v) is 3.40. The van der Waals surface area contributed by atoms with Crippen LogP contribution in [0.15, 0.2) is 42.6 Å². The van der Waals surface area contributed by atoms with E-state index in [1.807, 2.05) is 24.3 Å². The van der Waals surface area contributed by atoms with Crippen LogP contribution in [0.5, 0.6) is 0 Å². The average Bonchev–Trinajstić information content (AvgIpc) is 3.16. The first kappa shape index (κ1) is 21.7. The van der Waals surface area contributed by atoms with Crippen molar-refractivity contribution in [1.29, 1.82) is 0 Å². The molecule has 0 saturated carbocycles. The third kappa shape index (κ3) is 5.12. The molecule has 1 unspecified atom stereocenters. The number of rotatable bonds is 10. The van der Waals surface area contributed by atoms with Crippen molar-refractivity contribution in [2.24, 2.45) is 0 Å². The second-order valence-electron chi connectivity index (χ2n) is 7.70. The minimum absolute atomic E-state index is 0.0686. The number of benzene rings is 1. The lowest BCUT2D eigenvalue weighted by atomic mass is 10.0. The number of hydrogen-bond donors (Lipinski definition) is 1. The molecule has 0 radical (unpaired) electrons. The first-order valence-corrected chi connectivity index (χ1v) is 10.7. The van der Waals surface area contributed by atoms with Gasteiger partial charge in [0.25, 0.3) is 0 Å². The molecule has 1 aromatic carbocycles. The van der Waals surface area contributed by atoms with E-state index in [1.165, 1.54) is 19.0 Å². The van der Waals surface area contributed by atoms with Gasteiger partial charge >= 0.3 is 5.97 Å². The van der Waals surface area contributed by atoms with Crippen molar-refractivity contribution in [2.75, 3.05) is 0 Å². The van der Waals surface area contributed by atoms with Gasteiger partial charge in [0.15, 0.2) is 11.5 Å². The SMILES string of the molecule is CCCCCn1nc(C(C)CC)nc1Cc1ccc(-c2cccnc2C(=O)O)cc1. The molecular formula is C24H30N4O2. The quantitative estimate of drug-likeness (QED) is 0.460. The van der Waals surface area contributed by atoms with Gasteiger partial charge in [-0.15, -0.1) is 0 Å². The Morgan fingerprint density at radius 3 is 2.57 bits per heavy atom.